The second kappa shape index (κ2) is 7.40. The van der Waals surface area contributed by atoms with E-state index in [0.717, 1.165) is 5.69 Å². The van der Waals surface area contributed by atoms with Crippen molar-refractivity contribution in [3.63, 3.8) is 0 Å². The third-order valence-electron chi connectivity index (χ3n) is 2.11. The number of benzene rings is 1. The first-order valence-electron chi connectivity index (χ1n) is 5.48. The highest BCUT2D eigenvalue weighted by Crippen LogP contribution is 2.03. The maximum absolute atomic E-state index is 11.4. The third kappa shape index (κ3) is 5.67. The van der Waals surface area contributed by atoms with E-state index in [2.05, 4.69) is 16.0 Å². The van der Waals surface area contributed by atoms with Crippen LogP contribution in [0.1, 0.15) is 6.42 Å². The van der Waals surface area contributed by atoms with Gasteiger partial charge in [0.1, 0.15) is 0 Å². The Bertz CT molecular complexity index is 365. The van der Waals surface area contributed by atoms with Crippen molar-refractivity contribution in [1.82, 2.24) is 10.6 Å². The predicted molar refractivity (Wildman–Crippen MR) is 66.6 cm³/mol. The van der Waals surface area contributed by atoms with Crippen LogP contribution in [-0.4, -0.2) is 32.0 Å². The zero-order chi connectivity index (χ0) is 12.5. The number of amides is 2. The Hall–Kier alpha value is -1.88. The molecule has 0 spiro atoms. The van der Waals surface area contributed by atoms with Crippen molar-refractivity contribution in [2.75, 3.05) is 25.5 Å². The lowest BCUT2D eigenvalue weighted by atomic mass is 10.3. The van der Waals surface area contributed by atoms with Gasteiger partial charge in [0.2, 0.25) is 11.8 Å². The van der Waals surface area contributed by atoms with Gasteiger partial charge in [-0.3, -0.25) is 9.59 Å². The molecule has 3 N–H and O–H groups in total. The summed E-state index contributed by atoms with van der Waals surface area (Å²) in [6.45, 7) is 0.601. The Balaban J connectivity index is 2.24. The van der Waals surface area contributed by atoms with Crippen molar-refractivity contribution in [1.29, 1.82) is 0 Å². The van der Waals surface area contributed by atoms with E-state index in [0.29, 0.717) is 13.0 Å². The number of carbonyl (C=O) groups excluding carboxylic acids is 2. The number of nitrogens with one attached hydrogen (secondary N) is 3. The molecule has 1 aromatic rings. The first-order valence-corrected chi connectivity index (χ1v) is 5.48. The molecule has 1 aromatic carbocycles. The quantitative estimate of drug-likeness (QED) is 0.666. The summed E-state index contributed by atoms with van der Waals surface area (Å²) in [5.41, 5.74) is 0.724. The molecule has 0 bridgehead atoms. The standard InChI is InChI=1S/C12H17N3O2/c1-13-8-7-11(16)14-9-12(17)15-10-5-3-2-4-6-10/h2-6,13H,7-9H2,1H3,(H,14,16)(H,15,17). The Morgan fingerprint density at radius 1 is 1.12 bits per heavy atom. The average molecular weight is 235 g/mol. The van der Waals surface area contributed by atoms with Gasteiger partial charge in [-0.1, -0.05) is 18.2 Å². The topological polar surface area (TPSA) is 70.2 Å². The molecule has 0 aliphatic carbocycles. The van der Waals surface area contributed by atoms with Crippen LogP contribution >= 0.6 is 0 Å². The van der Waals surface area contributed by atoms with E-state index >= 15 is 0 Å². The van der Waals surface area contributed by atoms with Gasteiger partial charge < -0.3 is 16.0 Å². The second-order valence-corrected chi connectivity index (χ2v) is 3.54. The number of hydrogen-bond donors (Lipinski definition) is 3. The Morgan fingerprint density at radius 3 is 2.47 bits per heavy atom. The second-order valence-electron chi connectivity index (χ2n) is 3.54. The van der Waals surface area contributed by atoms with E-state index < -0.39 is 0 Å². The number of anilines is 1. The molecule has 92 valence electrons. The van der Waals surface area contributed by atoms with Gasteiger partial charge in [-0.25, -0.2) is 0 Å². The molecule has 0 aromatic heterocycles. The fraction of sp³-hybridized carbons (Fsp3) is 0.333. The summed E-state index contributed by atoms with van der Waals surface area (Å²) in [4.78, 5) is 22.7. The predicted octanol–water partition coefficient (Wildman–Crippen LogP) is 0.351. The summed E-state index contributed by atoms with van der Waals surface area (Å²) >= 11 is 0. The van der Waals surface area contributed by atoms with Crippen molar-refractivity contribution in [3.8, 4) is 0 Å². The fourth-order valence-electron chi connectivity index (χ4n) is 1.23. The molecular formula is C12H17N3O2. The Labute approximate surface area is 101 Å². The summed E-state index contributed by atoms with van der Waals surface area (Å²) in [5, 5.41) is 8.10. The SMILES string of the molecule is CNCCC(=O)NCC(=O)Nc1ccccc1. The van der Waals surface area contributed by atoms with Crippen LogP contribution in [0.5, 0.6) is 0 Å². The molecule has 0 radical (unpaired) electrons. The lowest BCUT2D eigenvalue weighted by Gasteiger charge is -2.06. The number of rotatable bonds is 6. The minimum absolute atomic E-state index is 0.00254. The van der Waals surface area contributed by atoms with Crippen LogP contribution in [0.25, 0.3) is 0 Å². The smallest absolute Gasteiger partial charge is 0.243 e. The summed E-state index contributed by atoms with van der Waals surface area (Å²) in [6.07, 6.45) is 0.370. The molecule has 2 amide bonds. The minimum atomic E-state index is -0.228. The summed E-state index contributed by atoms with van der Waals surface area (Å²) in [7, 11) is 1.77. The summed E-state index contributed by atoms with van der Waals surface area (Å²) in [6, 6.07) is 9.12. The molecular weight excluding hydrogens is 218 g/mol. The largest absolute Gasteiger partial charge is 0.347 e. The molecule has 17 heavy (non-hydrogen) atoms. The molecule has 0 unspecified atom stereocenters. The number of carbonyl (C=O) groups is 2. The van der Waals surface area contributed by atoms with Crippen molar-refractivity contribution in [3.05, 3.63) is 30.3 Å². The van der Waals surface area contributed by atoms with Gasteiger partial charge in [-0.2, -0.15) is 0 Å². The molecule has 1 rings (SSSR count). The third-order valence-corrected chi connectivity index (χ3v) is 2.11. The van der Waals surface area contributed by atoms with Gasteiger partial charge in [-0.15, -0.1) is 0 Å². The van der Waals surface area contributed by atoms with E-state index in [4.69, 9.17) is 0 Å². The molecule has 0 saturated heterocycles. The first kappa shape index (κ1) is 13.2. The van der Waals surface area contributed by atoms with Gasteiger partial charge in [0.05, 0.1) is 6.54 Å². The summed E-state index contributed by atoms with van der Waals surface area (Å²) in [5.74, 6) is -0.364. The van der Waals surface area contributed by atoms with Crippen LogP contribution in [0.15, 0.2) is 30.3 Å². The fourth-order valence-corrected chi connectivity index (χ4v) is 1.23. The van der Waals surface area contributed by atoms with Gasteiger partial charge >= 0.3 is 0 Å². The lowest BCUT2D eigenvalue weighted by molar-refractivity contribution is -0.124. The molecule has 0 heterocycles. The monoisotopic (exact) mass is 235 g/mol. The van der Waals surface area contributed by atoms with Crippen LogP contribution in [0.2, 0.25) is 0 Å². The highest BCUT2D eigenvalue weighted by atomic mass is 16.2. The minimum Gasteiger partial charge on any atom is -0.347 e. The highest BCUT2D eigenvalue weighted by molar-refractivity contribution is 5.94. The van der Waals surface area contributed by atoms with Gasteiger partial charge in [0, 0.05) is 18.7 Å². The van der Waals surface area contributed by atoms with Crippen LogP contribution in [-0.2, 0) is 9.59 Å². The molecule has 0 saturated carbocycles. The summed E-state index contributed by atoms with van der Waals surface area (Å²) < 4.78 is 0. The Morgan fingerprint density at radius 2 is 1.82 bits per heavy atom. The normalized spacial score (nSPS) is 9.71. The van der Waals surface area contributed by atoms with Crippen LogP contribution in [0, 0.1) is 0 Å². The lowest BCUT2D eigenvalue weighted by Crippen LogP contribution is -2.34. The van der Waals surface area contributed by atoms with E-state index in [9.17, 15) is 9.59 Å². The zero-order valence-corrected chi connectivity index (χ0v) is 9.82. The van der Waals surface area contributed by atoms with E-state index in [1.165, 1.54) is 0 Å². The van der Waals surface area contributed by atoms with E-state index in [1.807, 2.05) is 18.2 Å². The van der Waals surface area contributed by atoms with Gasteiger partial charge in [-0.05, 0) is 19.2 Å². The maximum Gasteiger partial charge on any atom is 0.243 e. The highest BCUT2D eigenvalue weighted by Gasteiger charge is 2.04. The maximum atomic E-state index is 11.4. The molecule has 0 aliphatic rings. The molecule has 0 aliphatic heterocycles. The van der Waals surface area contributed by atoms with Crippen LogP contribution in [0.3, 0.4) is 0 Å². The Kier molecular flexibility index (Phi) is 5.74. The molecule has 0 fully saturated rings. The first-order chi connectivity index (χ1) is 8.22. The van der Waals surface area contributed by atoms with Crippen molar-refractivity contribution >= 4 is 17.5 Å². The number of hydrogen-bond acceptors (Lipinski definition) is 3. The number of para-hydroxylation sites is 1. The van der Waals surface area contributed by atoms with E-state index in [1.54, 1.807) is 19.2 Å². The van der Waals surface area contributed by atoms with E-state index in [-0.39, 0.29) is 18.4 Å². The molecule has 5 heteroatoms. The van der Waals surface area contributed by atoms with Gasteiger partial charge in [0.15, 0.2) is 0 Å². The molecule has 5 nitrogen and oxygen atoms in total. The van der Waals surface area contributed by atoms with Gasteiger partial charge in [0.25, 0.3) is 0 Å². The average Bonchev–Trinajstić information content (AvgIpc) is 2.35. The van der Waals surface area contributed by atoms with Crippen molar-refractivity contribution < 1.29 is 9.59 Å². The molecule has 0 atom stereocenters. The van der Waals surface area contributed by atoms with Crippen LogP contribution in [0.4, 0.5) is 5.69 Å². The van der Waals surface area contributed by atoms with Crippen molar-refractivity contribution in [2.45, 2.75) is 6.42 Å². The van der Waals surface area contributed by atoms with Crippen molar-refractivity contribution in [2.24, 2.45) is 0 Å². The van der Waals surface area contributed by atoms with Crippen LogP contribution < -0.4 is 16.0 Å². The zero-order valence-electron chi connectivity index (χ0n) is 9.82.